The Morgan fingerprint density at radius 2 is 2.08 bits per heavy atom. The molecule has 1 aromatic carbocycles. The number of nitrogens with zero attached hydrogens (tertiary/aromatic N) is 4. The Hall–Kier alpha value is -3.70. The van der Waals surface area contributed by atoms with Crippen LogP contribution in [0.2, 0.25) is 0 Å². The predicted molar refractivity (Wildman–Crippen MR) is 136 cm³/mol. The third-order valence-corrected chi connectivity index (χ3v) is 8.63. The summed E-state index contributed by atoms with van der Waals surface area (Å²) in [5, 5.41) is 13.3. The number of hydrogen-bond donors (Lipinski definition) is 3. The van der Waals surface area contributed by atoms with E-state index in [1.165, 1.54) is 20.2 Å². The van der Waals surface area contributed by atoms with Crippen LogP contribution in [0.15, 0.2) is 33.7 Å². The van der Waals surface area contributed by atoms with Gasteiger partial charge in [-0.3, -0.25) is 14.9 Å². The van der Waals surface area contributed by atoms with E-state index in [0.717, 1.165) is 0 Å². The minimum Gasteiger partial charge on any atom is -0.436 e. The van der Waals surface area contributed by atoms with E-state index in [-0.39, 0.29) is 55.8 Å². The molecule has 0 spiro atoms. The van der Waals surface area contributed by atoms with E-state index < -0.39 is 28.2 Å². The van der Waals surface area contributed by atoms with E-state index in [1.54, 1.807) is 32.3 Å². The average Bonchev–Trinajstić information content (AvgIpc) is 3.52. The lowest BCUT2D eigenvalue weighted by Crippen LogP contribution is -2.57. The minimum atomic E-state index is -3.97. The molecule has 0 bridgehead atoms. The van der Waals surface area contributed by atoms with Crippen molar-refractivity contribution in [1.82, 2.24) is 29.4 Å². The highest BCUT2D eigenvalue weighted by Gasteiger charge is 2.40. The third-order valence-electron chi connectivity index (χ3n) is 6.84. The van der Waals surface area contributed by atoms with Gasteiger partial charge in [0.2, 0.25) is 5.91 Å². The molecular weight excluding hydrogens is 512 g/mol. The summed E-state index contributed by atoms with van der Waals surface area (Å²) in [5.74, 6) is 2.07. The number of aliphatic hydroxyl groups is 1. The van der Waals surface area contributed by atoms with Crippen LogP contribution in [-0.2, 0) is 27.8 Å². The monoisotopic (exact) mass is 540 g/mol. The molecule has 200 valence electrons. The van der Waals surface area contributed by atoms with E-state index in [4.69, 9.17) is 10.8 Å². The Bertz CT molecular complexity index is 1550. The molecule has 3 N–H and O–H groups in total. The number of H-pyrrole nitrogens is 1. The Balaban J connectivity index is 1.41. The van der Waals surface area contributed by atoms with Gasteiger partial charge in [0.25, 0.3) is 15.9 Å². The molecule has 2 aliphatic heterocycles. The summed E-state index contributed by atoms with van der Waals surface area (Å²) in [6, 6.07) is 5.96. The number of aliphatic hydroxyl groups excluding tert-OH is 1. The summed E-state index contributed by atoms with van der Waals surface area (Å²) >= 11 is 0. The average molecular weight is 541 g/mol. The number of benzene rings is 1. The highest BCUT2D eigenvalue weighted by molar-refractivity contribution is 7.89. The smallest absolute Gasteiger partial charge is 0.310 e. The maximum Gasteiger partial charge on any atom is 0.310 e. The van der Waals surface area contributed by atoms with Crippen LogP contribution < -0.4 is 5.32 Å². The summed E-state index contributed by atoms with van der Waals surface area (Å²) in [5.41, 5.74) is 1.75. The van der Waals surface area contributed by atoms with Crippen molar-refractivity contribution in [2.45, 2.75) is 36.7 Å². The van der Waals surface area contributed by atoms with E-state index in [1.807, 2.05) is 0 Å². The van der Waals surface area contributed by atoms with Gasteiger partial charge in [-0.15, -0.1) is 6.42 Å². The van der Waals surface area contributed by atoms with Gasteiger partial charge < -0.3 is 24.3 Å². The summed E-state index contributed by atoms with van der Waals surface area (Å²) < 4.78 is 34.1. The standard InChI is InChI=1S/C25H28N6O6S/c1-4-15-5-6-18-16(9-15)10-22(27-18)38(35,36)30-7-8-31(17(14-30)11-23(33)29(2)3)25(34)24-28-19-12-21(32)26-13-20(19)37-24/h1,5-6,9-10,17,21,26-27,32H,7-8,11-14H2,2-3H3. The van der Waals surface area contributed by atoms with Crippen molar-refractivity contribution in [2.24, 2.45) is 0 Å². The van der Waals surface area contributed by atoms with Gasteiger partial charge in [-0.05, 0) is 24.3 Å². The van der Waals surface area contributed by atoms with E-state index in [0.29, 0.717) is 27.9 Å². The molecule has 12 nitrogen and oxygen atoms in total. The Morgan fingerprint density at radius 3 is 2.82 bits per heavy atom. The molecule has 1 saturated heterocycles. The first kappa shape index (κ1) is 25.9. The van der Waals surface area contributed by atoms with Crippen molar-refractivity contribution in [2.75, 3.05) is 33.7 Å². The first-order chi connectivity index (χ1) is 18.1. The fraction of sp³-hybridized carbons (Fsp3) is 0.400. The molecule has 2 aromatic heterocycles. The number of hydrogen-bond acceptors (Lipinski definition) is 8. The van der Waals surface area contributed by atoms with Gasteiger partial charge in [0, 0.05) is 63.0 Å². The van der Waals surface area contributed by atoms with E-state index >= 15 is 0 Å². The van der Waals surface area contributed by atoms with Gasteiger partial charge in [0.1, 0.15) is 17.0 Å². The molecule has 0 radical (unpaired) electrons. The molecule has 5 rings (SSSR count). The Labute approximate surface area is 219 Å². The van der Waals surface area contributed by atoms with Crippen LogP contribution in [0.4, 0.5) is 0 Å². The molecule has 2 aliphatic rings. The SMILES string of the molecule is C#Cc1ccc2[nH]c(S(=O)(=O)N3CCN(C(=O)c4nc5c(o4)CNC(O)C5)C(CC(=O)N(C)C)C3)cc2c1. The lowest BCUT2D eigenvalue weighted by molar-refractivity contribution is -0.130. The molecule has 2 unspecified atom stereocenters. The van der Waals surface area contributed by atoms with Crippen molar-refractivity contribution in [3.8, 4) is 12.3 Å². The molecule has 2 amide bonds. The molecule has 1 fully saturated rings. The number of carbonyl (C=O) groups excluding carboxylic acids is 2. The summed E-state index contributed by atoms with van der Waals surface area (Å²) in [4.78, 5) is 36.1. The number of rotatable bonds is 5. The number of aromatic amines is 1. The molecule has 38 heavy (non-hydrogen) atoms. The number of carbonyl (C=O) groups is 2. The summed E-state index contributed by atoms with van der Waals surface area (Å²) in [7, 11) is -0.770. The molecule has 0 aliphatic carbocycles. The van der Waals surface area contributed by atoms with Gasteiger partial charge in [0.15, 0.2) is 0 Å². The highest BCUT2D eigenvalue weighted by Crippen LogP contribution is 2.27. The zero-order valence-corrected chi connectivity index (χ0v) is 21.8. The van der Waals surface area contributed by atoms with Gasteiger partial charge in [-0.2, -0.15) is 4.31 Å². The Morgan fingerprint density at radius 1 is 1.29 bits per heavy atom. The Kier molecular flexibility index (Phi) is 6.74. The van der Waals surface area contributed by atoms with Crippen LogP contribution in [0.1, 0.15) is 34.1 Å². The second-order valence-electron chi connectivity index (χ2n) is 9.58. The predicted octanol–water partition coefficient (Wildman–Crippen LogP) is 0.0949. The molecule has 2 atom stereocenters. The number of amides is 2. The summed E-state index contributed by atoms with van der Waals surface area (Å²) in [6.45, 7) is 0.212. The van der Waals surface area contributed by atoms with Gasteiger partial charge in [-0.25, -0.2) is 13.4 Å². The minimum absolute atomic E-state index is 0.00516. The fourth-order valence-electron chi connectivity index (χ4n) is 4.71. The molecule has 13 heteroatoms. The lowest BCUT2D eigenvalue weighted by atomic mass is 10.1. The largest absolute Gasteiger partial charge is 0.436 e. The van der Waals surface area contributed by atoms with E-state index in [9.17, 15) is 23.1 Å². The van der Waals surface area contributed by atoms with Crippen molar-refractivity contribution in [1.29, 1.82) is 0 Å². The van der Waals surface area contributed by atoms with Gasteiger partial charge >= 0.3 is 5.91 Å². The van der Waals surface area contributed by atoms with Crippen LogP contribution in [0, 0.1) is 12.3 Å². The first-order valence-corrected chi connectivity index (χ1v) is 13.5. The number of nitrogens with one attached hydrogen (secondary N) is 2. The zero-order chi connectivity index (χ0) is 27.2. The van der Waals surface area contributed by atoms with Crippen LogP contribution in [-0.4, -0.2) is 95.4 Å². The fourth-order valence-corrected chi connectivity index (χ4v) is 6.19. The maximum atomic E-state index is 13.6. The molecular formula is C25H28N6O6S. The van der Waals surface area contributed by atoms with Crippen LogP contribution in [0.5, 0.6) is 0 Å². The lowest BCUT2D eigenvalue weighted by Gasteiger charge is -2.40. The quantitative estimate of drug-likeness (QED) is 0.385. The zero-order valence-electron chi connectivity index (χ0n) is 21.0. The topological polar surface area (TPSA) is 152 Å². The highest BCUT2D eigenvalue weighted by atomic mass is 32.2. The van der Waals surface area contributed by atoms with Gasteiger partial charge in [0.05, 0.1) is 18.3 Å². The number of oxazole rings is 1. The van der Waals surface area contributed by atoms with Crippen molar-refractivity contribution in [3.63, 3.8) is 0 Å². The molecule has 3 aromatic rings. The summed E-state index contributed by atoms with van der Waals surface area (Å²) in [6.07, 6.45) is 4.81. The molecule has 0 saturated carbocycles. The van der Waals surface area contributed by atoms with Crippen LogP contribution in [0.25, 0.3) is 10.9 Å². The second kappa shape index (κ2) is 9.88. The van der Waals surface area contributed by atoms with Crippen LogP contribution >= 0.6 is 0 Å². The van der Waals surface area contributed by atoms with Gasteiger partial charge in [-0.1, -0.05) is 5.92 Å². The number of piperazine rings is 1. The second-order valence-corrected chi connectivity index (χ2v) is 11.5. The molecule has 4 heterocycles. The van der Waals surface area contributed by atoms with Crippen molar-refractivity contribution < 1.29 is 27.5 Å². The first-order valence-electron chi connectivity index (χ1n) is 12.1. The van der Waals surface area contributed by atoms with Crippen molar-refractivity contribution in [3.05, 3.63) is 47.2 Å². The number of aromatic nitrogens is 2. The third kappa shape index (κ3) is 4.79. The normalized spacial score (nSPS) is 20.2. The maximum absolute atomic E-state index is 13.6. The number of fused-ring (bicyclic) bond motifs is 2. The van der Waals surface area contributed by atoms with Crippen molar-refractivity contribution >= 4 is 32.7 Å². The number of terminal acetylenes is 1. The van der Waals surface area contributed by atoms with E-state index in [2.05, 4.69) is 21.2 Å². The number of sulfonamides is 1. The van der Waals surface area contributed by atoms with Crippen LogP contribution in [0.3, 0.4) is 0 Å².